The van der Waals surface area contributed by atoms with E-state index in [1.54, 1.807) is 7.11 Å². The second-order valence-corrected chi connectivity index (χ2v) is 6.71. The van der Waals surface area contributed by atoms with Crippen LogP contribution in [-0.2, 0) is 22.4 Å². The topological polar surface area (TPSA) is 38.8 Å². The minimum absolute atomic E-state index is 0.129. The molecule has 0 aromatic heterocycles. The zero-order chi connectivity index (χ0) is 18.2. The first kappa shape index (κ1) is 18.5. The van der Waals surface area contributed by atoms with Crippen molar-refractivity contribution < 1.29 is 14.3 Å². The van der Waals surface area contributed by atoms with E-state index in [1.165, 1.54) is 5.56 Å². The summed E-state index contributed by atoms with van der Waals surface area (Å²) in [5.74, 6) is 1.04. The number of carbonyl (C=O) groups is 1. The van der Waals surface area contributed by atoms with E-state index in [4.69, 9.17) is 9.47 Å². The zero-order valence-electron chi connectivity index (χ0n) is 15.4. The lowest BCUT2D eigenvalue weighted by Gasteiger charge is -2.33. The molecule has 4 heteroatoms. The van der Waals surface area contributed by atoms with E-state index in [0.717, 1.165) is 30.6 Å². The predicted octanol–water partition coefficient (Wildman–Crippen LogP) is 3.49. The van der Waals surface area contributed by atoms with Gasteiger partial charge in [0.05, 0.1) is 19.8 Å². The number of morpholine rings is 1. The van der Waals surface area contributed by atoms with Gasteiger partial charge < -0.3 is 14.4 Å². The van der Waals surface area contributed by atoms with Gasteiger partial charge in [0.1, 0.15) is 5.75 Å². The van der Waals surface area contributed by atoms with Gasteiger partial charge >= 0.3 is 0 Å². The van der Waals surface area contributed by atoms with Crippen LogP contribution in [0.5, 0.6) is 5.75 Å². The van der Waals surface area contributed by atoms with Crippen molar-refractivity contribution in [1.82, 2.24) is 4.90 Å². The van der Waals surface area contributed by atoms with Crippen LogP contribution in [-0.4, -0.2) is 43.7 Å². The quantitative estimate of drug-likeness (QED) is 0.765. The summed E-state index contributed by atoms with van der Waals surface area (Å²) < 4.78 is 11.1. The van der Waals surface area contributed by atoms with Gasteiger partial charge in [0, 0.05) is 19.5 Å². The lowest BCUT2D eigenvalue weighted by Crippen LogP contribution is -2.45. The Morgan fingerprint density at radius 1 is 1.12 bits per heavy atom. The van der Waals surface area contributed by atoms with Crippen molar-refractivity contribution in [1.29, 1.82) is 0 Å². The third kappa shape index (κ3) is 5.33. The van der Waals surface area contributed by atoms with Crippen molar-refractivity contribution in [2.24, 2.45) is 0 Å². The molecule has 0 N–H and O–H groups in total. The Balaban J connectivity index is 1.46. The molecule has 1 aliphatic heterocycles. The van der Waals surface area contributed by atoms with Crippen LogP contribution in [0.25, 0.3) is 0 Å². The summed E-state index contributed by atoms with van der Waals surface area (Å²) in [5.41, 5.74) is 2.45. The van der Waals surface area contributed by atoms with Crippen LogP contribution < -0.4 is 4.74 Å². The fourth-order valence-corrected chi connectivity index (χ4v) is 3.33. The van der Waals surface area contributed by atoms with Gasteiger partial charge in [0.25, 0.3) is 0 Å². The van der Waals surface area contributed by atoms with Gasteiger partial charge in [-0.25, -0.2) is 0 Å². The van der Waals surface area contributed by atoms with Crippen LogP contribution in [0.4, 0.5) is 0 Å². The number of aryl methyl sites for hydroxylation is 2. The van der Waals surface area contributed by atoms with Gasteiger partial charge in [0.2, 0.25) is 5.91 Å². The third-order valence-electron chi connectivity index (χ3n) is 4.85. The first-order valence-electron chi connectivity index (χ1n) is 9.31. The van der Waals surface area contributed by atoms with Crippen LogP contribution in [0.3, 0.4) is 0 Å². The second kappa shape index (κ2) is 9.39. The van der Waals surface area contributed by atoms with Crippen molar-refractivity contribution in [3.8, 4) is 5.75 Å². The van der Waals surface area contributed by atoms with Crippen LogP contribution in [0, 0.1) is 0 Å². The highest BCUT2D eigenvalue weighted by Crippen LogP contribution is 2.16. The minimum Gasteiger partial charge on any atom is -0.497 e. The molecule has 0 aliphatic carbocycles. The summed E-state index contributed by atoms with van der Waals surface area (Å²) in [7, 11) is 1.66. The lowest BCUT2D eigenvalue weighted by atomic mass is 10.0. The van der Waals surface area contributed by atoms with Crippen LogP contribution >= 0.6 is 0 Å². The predicted molar refractivity (Wildman–Crippen MR) is 102 cm³/mol. The van der Waals surface area contributed by atoms with E-state index in [1.807, 2.05) is 35.2 Å². The maximum absolute atomic E-state index is 12.6. The highest BCUT2D eigenvalue weighted by molar-refractivity contribution is 5.76. The summed E-state index contributed by atoms with van der Waals surface area (Å²) in [6.07, 6.45) is 3.33. The Kier molecular flexibility index (Phi) is 6.67. The molecule has 1 heterocycles. The SMILES string of the molecule is COc1cccc(CCC(=O)N2CCO[C@H](CCc3ccccc3)C2)c1. The van der Waals surface area contributed by atoms with E-state index in [9.17, 15) is 4.79 Å². The molecule has 0 spiro atoms. The Bertz CT molecular complexity index is 702. The molecular formula is C22H27NO3. The molecule has 3 rings (SSSR count). The third-order valence-corrected chi connectivity index (χ3v) is 4.85. The molecule has 0 radical (unpaired) electrons. The summed E-state index contributed by atoms with van der Waals surface area (Å²) in [6, 6.07) is 18.4. The molecule has 2 aromatic carbocycles. The molecule has 1 aliphatic rings. The van der Waals surface area contributed by atoms with Crippen molar-refractivity contribution in [2.45, 2.75) is 31.8 Å². The number of hydrogen-bond acceptors (Lipinski definition) is 3. The summed E-state index contributed by atoms with van der Waals surface area (Å²) in [6.45, 7) is 2.02. The van der Waals surface area contributed by atoms with E-state index in [0.29, 0.717) is 26.1 Å². The average molecular weight is 353 g/mol. The number of ether oxygens (including phenoxy) is 2. The van der Waals surface area contributed by atoms with E-state index in [2.05, 4.69) is 24.3 Å². The Morgan fingerprint density at radius 3 is 2.73 bits per heavy atom. The first-order valence-corrected chi connectivity index (χ1v) is 9.31. The molecule has 2 aromatic rings. The number of hydrogen-bond donors (Lipinski definition) is 0. The van der Waals surface area contributed by atoms with Gasteiger partial charge in [-0.05, 0) is 42.5 Å². The fraction of sp³-hybridized carbons (Fsp3) is 0.409. The Hall–Kier alpha value is -2.33. The molecule has 0 unspecified atom stereocenters. The van der Waals surface area contributed by atoms with E-state index < -0.39 is 0 Å². The molecule has 0 bridgehead atoms. The molecule has 26 heavy (non-hydrogen) atoms. The molecule has 0 saturated carbocycles. The molecule has 1 saturated heterocycles. The van der Waals surface area contributed by atoms with Crippen molar-refractivity contribution in [3.63, 3.8) is 0 Å². The maximum atomic E-state index is 12.6. The van der Waals surface area contributed by atoms with Crippen LogP contribution in [0.15, 0.2) is 54.6 Å². The smallest absolute Gasteiger partial charge is 0.223 e. The Labute approximate surface area is 155 Å². The van der Waals surface area contributed by atoms with Gasteiger partial charge in [-0.15, -0.1) is 0 Å². The maximum Gasteiger partial charge on any atom is 0.223 e. The number of methoxy groups -OCH3 is 1. The Morgan fingerprint density at radius 2 is 1.92 bits per heavy atom. The monoisotopic (exact) mass is 353 g/mol. The average Bonchev–Trinajstić information content (AvgIpc) is 2.71. The molecule has 4 nitrogen and oxygen atoms in total. The largest absolute Gasteiger partial charge is 0.497 e. The summed E-state index contributed by atoms with van der Waals surface area (Å²) >= 11 is 0. The fourth-order valence-electron chi connectivity index (χ4n) is 3.33. The summed E-state index contributed by atoms with van der Waals surface area (Å²) in [5, 5.41) is 0. The molecular weight excluding hydrogens is 326 g/mol. The van der Waals surface area contributed by atoms with Crippen LogP contribution in [0.1, 0.15) is 24.0 Å². The standard InChI is InChI=1S/C22H27NO3/c1-25-20-9-5-8-19(16-20)11-13-22(24)23-14-15-26-21(17-23)12-10-18-6-3-2-4-7-18/h2-9,16,21H,10-15,17H2,1H3/t21-/m1/s1. The molecule has 138 valence electrons. The summed E-state index contributed by atoms with van der Waals surface area (Å²) in [4.78, 5) is 14.5. The van der Waals surface area contributed by atoms with Crippen LogP contribution in [0.2, 0.25) is 0 Å². The van der Waals surface area contributed by atoms with Crippen molar-refractivity contribution >= 4 is 5.91 Å². The normalized spacial score (nSPS) is 17.1. The zero-order valence-corrected chi connectivity index (χ0v) is 15.4. The molecule has 1 amide bonds. The number of benzene rings is 2. The number of rotatable bonds is 7. The van der Waals surface area contributed by atoms with Crippen molar-refractivity contribution in [2.75, 3.05) is 26.8 Å². The highest BCUT2D eigenvalue weighted by atomic mass is 16.5. The molecule has 1 fully saturated rings. The number of amides is 1. The van der Waals surface area contributed by atoms with Gasteiger partial charge in [-0.1, -0.05) is 42.5 Å². The lowest BCUT2D eigenvalue weighted by molar-refractivity contribution is -0.138. The highest BCUT2D eigenvalue weighted by Gasteiger charge is 2.23. The second-order valence-electron chi connectivity index (χ2n) is 6.71. The number of carbonyl (C=O) groups excluding carboxylic acids is 1. The first-order chi connectivity index (χ1) is 12.7. The van der Waals surface area contributed by atoms with Gasteiger partial charge in [0.15, 0.2) is 0 Å². The number of nitrogens with zero attached hydrogens (tertiary/aromatic N) is 1. The van der Waals surface area contributed by atoms with E-state index in [-0.39, 0.29) is 12.0 Å². The van der Waals surface area contributed by atoms with E-state index >= 15 is 0 Å². The van der Waals surface area contributed by atoms with Gasteiger partial charge in [-0.3, -0.25) is 4.79 Å². The van der Waals surface area contributed by atoms with Crippen molar-refractivity contribution in [3.05, 3.63) is 65.7 Å². The molecule has 1 atom stereocenters. The van der Waals surface area contributed by atoms with Gasteiger partial charge in [-0.2, -0.15) is 0 Å². The minimum atomic E-state index is 0.129.